The Labute approximate surface area is 153 Å². The van der Waals surface area contributed by atoms with Gasteiger partial charge in [0.05, 0.1) is 10.6 Å². The molecule has 0 heterocycles. The number of carbonyl (C=O) groups excluding carboxylic acids is 1. The van der Waals surface area contributed by atoms with Gasteiger partial charge >= 0.3 is 15.2 Å². The topological polar surface area (TPSA) is 131 Å². The molecule has 0 amide bonds. The normalized spacial score (nSPS) is 12.3. The van der Waals surface area contributed by atoms with Gasteiger partial charge in [0.25, 0.3) is 15.6 Å². The fraction of sp³-hybridized carbons (Fsp3) is 0.500. The molecule has 144 valence electrons. The Morgan fingerprint density at radius 3 is 2.08 bits per heavy atom. The highest BCUT2D eigenvalue weighted by Crippen LogP contribution is 2.23. The van der Waals surface area contributed by atoms with E-state index in [9.17, 15) is 21.6 Å². The summed E-state index contributed by atoms with van der Waals surface area (Å²) in [7, 11) is -8.13. The van der Waals surface area contributed by atoms with Crippen LogP contribution in [0.1, 0.15) is 40.5 Å². The molecule has 0 aliphatic rings. The Balaban J connectivity index is 3.14. The molecular formula is C16H22N2O6S2. The molecule has 1 aromatic carbocycles. The van der Waals surface area contributed by atoms with Gasteiger partial charge in [0, 0.05) is 5.41 Å². The first-order chi connectivity index (χ1) is 11.8. The van der Waals surface area contributed by atoms with Crippen LogP contribution in [-0.4, -0.2) is 38.2 Å². The van der Waals surface area contributed by atoms with Crippen LogP contribution in [0.2, 0.25) is 0 Å². The second-order valence-electron chi connectivity index (χ2n) is 6.66. The van der Waals surface area contributed by atoms with E-state index in [1.54, 1.807) is 0 Å². The Bertz CT molecular complexity index is 920. The first-order valence-electron chi connectivity index (χ1n) is 7.89. The molecule has 26 heavy (non-hydrogen) atoms. The lowest BCUT2D eigenvalue weighted by Gasteiger charge is -2.13. The van der Waals surface area contributed by atoms with Gasteiger partial charge in [-0.15, -0.1) is 4.79 Å². The number of benzene rings is 1. The molecule has 0 fully saturated rings. The first-order valence-corrected chi connectivity index (χ1v) is 11.0. The van der Waals surface area contributed by atoms with Crippen molar-refractivity contribution >= 4 is 30.8 Å². The van der Waals surface area contributed by atoms with Crippen LogP contribution in [0.3, 0.4) is 0 Å². The monoisotopic (exact) mass is 402 g/mol. The molecule has 10 heteroatoms. The largest absolute Gasteiger partial charge is 0.452 e. The Morgan fingerprint density at radius 2 is 1.65 bits per heavy atom. The molecule has 0 spiro atoms. The fourth-order valence-corrected chi connectivity index (χ4v) is 4.34. The number of sulfone groups is 1. The Morgan fingerprint density at radius 1 is 1.12 bits per heavy atom. The van der Waals surface area contributed by atoms with Crippen LogP contribution in [0.25, 0.3) is 5.53 Å². The number of hydrogen-bond donors (Lipinski definition) is 0. The Kier molecular flexibility index (Phi) is 6.87. The number of Topliss-reactive ketones (excluding diaryl/α,β-unsaturated/α-hetero) is 1. The summed E-state index contributed by atoms with van der Waals surface area (Å²) in [4.78, 5) is 14.5. The lowest BCUT2D eigenvalue weighted by molar-refractivity contribution is -0.123. The average Bonchev–Trinajstić information content (AvgIpc) is 2.52. The number of hydrogen-bond acceptors (Lipinski definition) is 6. The number of rotatable bonds is 7. The molecule has 1 aromatic rings. The zero-order chi connectivity index (χ0) is 20.2. The third-order valence-corrected chi connectivity index (χ3v) is 6.23. The lowest BCUT2D eigenvalue weighted by atomic mass is 9.91. The summed E-state index contributed by atoms with van der Waals surface area (Å²) in [5.41, 5.74) is 7.97. The van der Waals surface area contributed by atoms with Gasteiger partial charge in [-0.2, -0.15) is 8.42 Å². The Hall–Kier alpha value is -2.03. The standard InChI is InChI=1S/C16H22N2O6S2/c1-5-6-11-25(20,21)24-12-7-9-13(10-8-12)26(22,23)15(18-17)14(19)16(2,3)4/h7-10H,5-6,11H2,1-4H3. The van der Waals surface area contributed by atoms with E-state index >= 15 is 0 Å². The molecule has 0 saturated heterocycles. The first kappa shape index (κ1) is 22.0. The zero-order valence-corrected chi connectivity index (χ0v) is 16.7. The number of carbonyl (C=O) groups is 1. The summed E-state index contributed by atoms with van der Waals surface area (Å²) in [5.74, 6) is -1.04. The van der Waals surface area contributed by atoms with Crippen molar-refractivity contribution in [1.82, 2.24) is 0 Å². The van der Waals surface area contributed by atoms with Crippen LogP contribution >= 0.6 is 0 Å². The molecule has 0 N–H and O–H groups in total. The van der Waals surface area contributed by atoms with E-state index in [1.807, 2.05) is 6.92 Å². The van der Waals surface area contributed by atoms with Gasteiger partial charge < -0.3 is 9.71 Å². The van der Waals surface area contributed by atoms with E-state index in [2.05, 4.69) is 4.79 Å². The maximum atomic E-state index is 12.5. The molecule has 0 unspecified atom stereocenters. The average molecular weight is 402 g/mol. The van der Waals surface area contributed by atoms with E-state index in [0.717, 1.165) is 24.3 Å². The minimum atomic E-state index is -4.36. The summed E-state index contributed by atoms with van der Waals surface area (Å²) in [6.45, 7) is 6.32. The van der Waals surface area contributed by atoms with Gasteiger partial charge in [-0.1, -0.05) is 34.1 Å². The predicted octanol–water partition coefficient (Wildman–Crippen LogP) is 2.21. The van der Waals surface area contributed by atoms with Crippen LogP contribution in [0, 0.1) is 5.41 Å². The number of unbranched alkanes of at least 4 members (excludes halogenated alkanes) is 1. The molecule has 8 nitrogen and oxygen atoms in total. The summed E-state index contributed by atoms with van der Waals surface area (Å²) in [5, 5.41) is -0.978. The van der Waals surface area contributed by atoms with Crippen molar-refractivity contribution in [2.75, 3.05) is 5.75 Å². The second-order valence-corrected chi connectivity index (χ2v) is 10.2. The van der Waals surface area contributed by atoms with Gasteiger partial charge in [-0.3, -0.25) is 4.79 Å². The lowest BCUT2D eigenvalue weighted by Crippen LogP contribution is -2.34. The van der Waals surface area contributed by atoms with Crippen molar-refractivity contribution < 1.29 is 30.6 Å². The number of nitrogens with zero attached hydrogens (tertiary/aromatic N) is 2. The van der Waals surface area contributed by atoms with Gasteiger partial charge in [0.2, 0.25) is 0 Å². The molecule has 0 saturated carbocycles. The maximum Gasteiger partial charge on any atom is 0.452 e. The molecule has 0 aliphatic carbocycles. The molecular weight excluding hydrogens is 380 g/mol. The molecule has 0 atom stereocenters. The van der Waals surface area contributed by atoms with Crippen molar-refractivity contribution in [3.63, 3.8) is 0 Å². The van der Waals surface area contributed by atoms with Crippen molar-refractivity contribution in [2.24, 2.45) is 5.41 Å². The summed E-state index contributed by atoms with van der Waals surface area (Å²) >= 11 is 0. The van der Waals surface area contributed by atoms with Crippen molar-refractivity contribution in [2.45, 2.75) is 45.4 Å². The minimum Gasteiger partial charge on any atom is -0.382 e. The molecule has 0 aliphatic heterocycles. The van der Waals surface area contributed by atoms with Crippen molar-refractivity contribution in [3.05, 3.63) is 29.8 Å². The van der Waals surface area contributed by atoms with E-state index in [1.165, 1.54) is 20.8 Å². The van der Waals surface area contributed by atoms with Gasteiger partial charge in [0.1, 0.15) is 5.75 Å². The minimum absolute atomic E-state index is 0.0512. The molecule has 0 radical (unpaired) electrons. The quantitative estimate of drug-likeness (QED) is 0.226. The maximum absolute atomic E-state index is 12.5. The zero-order valence-electron chi connectivity index (χ0n) is 15.1. The van der Waals surface area contributed by atoms with Gasteiger partial charge in [-0.05, 0) is 30.7 Å². The summed E-state index contributed by atoms with van der Waals surface area (Å²) in [6, 6.07) is 4.49. The van der Waals surface area contributed by atoms with Gasteiger partial charge in [-0.25, -0.2) is 8.42 Å². The second kappa shape index (κ2) is 8.11. The summed E-state index contributed by atoms with van der Waals surface area (Å²) < 4.78 is 53.4. The molecule has 0 bridgehead atoms. The summed E-state index contributed by atoms with van der Waals surface area (Å²) in [6.07, 6.45) is 1.13. The smallest absolute Gasteiger partial charge is 0.382 e. The predicted molar refractivity (Wildman–Crippen MR) is 96.0 cm³/mol. The van der Waals surface area contributed by atoms with Crippen molar-refractivity contribution in [1.29, 1.82) is 0 Å². The third kappa shape index (κ3) is 5.48. The molecule has 1 rings (SSSR count). The van der Waals surface area contributed by atoms with Crippen molar-refractivity contribution in [3.8, 4) is 5.75 Å². The van der Waals surface area contributed by atoms with Gasteiger partial charge in [0.15, 0.2) is 0 Å². The number of ketones is 1. The highest BCUT2D eigenvalue weighted by Gasteiger charge is 2.43. The van der Waals surface area contributed by atoms with Crippen LogP contribution in [-0.2, 0) is 24.7 Å². The molecule has 0 aromatic heterocycles. The van der Waals surface area contributed by atoms with Crippen LogP contribution in [0.15, 0.2) is 29.2 Å². The van der Waals surface area contributed by atoms with Crippen LogP contribution in [0.5, 0.6) is 5.75 Å². The van der Waals surface area contributed by atoms with E-state index in [4.69, 9.17) is 9.71 Å². The van der Waals surface area contributed by atoms with Crippen LogP contribution in [0.4, 0.5) is 0 Å². The van der Waals surface area contributed by atoms with E-state index in [0.29, 0.717) is 12.8 Å². The van der Waals surface area contributed by atoms with E-state index < -0.39 is 36.2 Å². The highest BCUT2D eigenvalue weighted by atomic mass is 32.2. The van der Waals surface area contributed by atoms with E-state index in [-0.39, 0.29) is 16.4 Å². The highest BCUT2D eigenvalue weighted by molar-refractivity contribution is 8.08. The van der Waals surface area contributed by atoms with Crippen LogP contribution < -0.4 is 4.18 Å². The SMILES string of the molecule is CCCCS(=O)(=O)Oc1ccc(S(=O)(=O)C(=[N+]=[N-])C(=O)C(C)(C)C)cc1. The fourth-order valence-electron chi connectivity index (χ4n) is 1.84. The third-order valence-electron chi connectivity index (χ3n) is 3.33.